The Hall–Kier alpha value is -1.79. The zero-order chi connectivity index (χ0) is 19.6. The maximum atomic E-state index is 12.0. The van der Waals surface area contributed by atoms with Gasteiger partial charge in [0.2, 0.25) is 5.91 Å². The Morgan fingerprint density at radius 3 is 2.63 bits per heavy atom. The van der Waals surface area contributed by atoms with E-state index < -0.39 is 18.1 Å². The standard InChI is InChI=1S/C21H31NO5/c1-14(24)21(2)13-22(20(25)12-23)11-17(21)15-8-9-18(26-3)19(10-15)27-16-6-4-5-7-16/h8-10,14,16-17,23-24H,4-7,11-13H2,1-3H3/t14-,17+,21+/m1/s1. The van der Waals surface area contributed by atoms with E-state index in [0.29, 0.717) is 18.8 Å². The minimum Gasteiger partial charge on any atom is -0.493 e. The zero-order valence-corrected chi connectivity index (χ0v) is 16.5. The molecule has 0 unspecified atom stereocenters. The molecule has 1 aromatic carbocycles. The van der Waals surface area contributed by atoms with Crippen LogP contribution in [0.4, 0.5) is 0 Å². The van der Waals surface area contributed by atoms with Crippen LogP contribution in [-0.4, -0.2) is 60.0 Å². The molecule has 0 radical (unpaired) electrons. The highest BCUT2D eigenvalue weighted by Crippen LogP contribution is 2.47. The molecule has 2 aliphatic rings. The molecule has 2 N–H and O–H groups in total. The summed E-state index contributed by atoms with van der Waals surface area (Å²) in [5, 5.41) is 19.7. The lowest BCUT2D eigenvalue weighted by molar-refractivity contribution is -0.133. The molecule has 3 rings (SSSR count). The number of ether oxygens (including phenoxy) is 2. The van der Waals surface area contributed by atoms with Crippen LogP contribution in [0.2, 0.25) is 0 Å². The highest BCUT2D eigenvalue weighted by atomic mass is 16.5. The number of aliphatic hydroxyl groups excluding tert-OH is 2. The lowest BCUT2D eigenvalue weighted by Crippen LogP contribution is -2.38. The number of amides is 1. The first-order valence-corrected chi connectivity index (χ1v) is 9.80. The molecule has 1 aliphatic heterocycles. The maximum absolute atomic E-state index is 12.0. The summed E-state index contributed by atoms with van der Waals surface area (Å²) in [7, 11) is 1.63. The van der Waals surface area contributed by atoms with Gasteiger partial charge in [0.25, 0.3) is 0 Å². The van der Waals surface area contributed by atoms with E-state index >= 15 is 0 Å². The fourth-order valence-electron chi connectivity index (χ4n) is 4.40. The molecule has 3 atom stereocenters. The number of methoxy groups -OCH3 is 1. The van der Waals surface area contributed by atoms with Crippen molar-refractivity contribution in [1.82, 2.24) is 4.90 Å². The van der Waals surface area contributed by atoms with Crippen molar-refractivity contribution in [3.63, 3.8) is 0 Å². The predicted octanol–water partition coefficient (Wildman–Crippen LogP) is 2.32. The minimum atomic E-state index is -0.597. The highest BCUT2D eigenvalue weighted by Gasteiger charge is 2.48. The summed E-state index contributed by atoms with van der Waals surface area (Å²) in [6.07, 6.45) is 4.11. The van der Waals surface area contributed by atoms with Gasteiger partial charge in [0.1, 0.15) is 6.61 Å². The second-order valence-corrected chi connectivity index (χ2v) is 8.10. The molecule has 1 saturated heterocycles. The van der Waals surface area contributed by atoms with Crippen molar-refractivity contribution in [3.05, 3.63) is 23.8 Å². The quantitative estimate of drug-likeness (QED) is 0.795. The van der Waals surface area contributed by atoms with Gasteiger partial charge in [0, 0.05) is 24.4 Å². The van der Waals surface area contributed by atoms with Gasteiger partial charge in [-0.15, -0.1) is 0 Å². The van der Waals surface area contributed by atoms with Gasteiger partial charge in [-0.3, -0.25) is 4.79 Å². The van der Waals surface area contributed by atoms with Gasteiger partial charge in [-0.05, 0) is 50.3 Å². The van der Waals surface area contributed by atoms with E-state index in [0.717, 1.165) is 24.2 Å². The summed E-state index contributed by atoms with van der Waals surface area (Å²) in [4.78, 5) is 13.7. The molecule has 1 amide bonds. The molecule has 1 aliphatic carbocycles. The molecule has 1 heterocycles. The summed E-state index contributed by atoms with van der Waals surface area (Å²) >= 11 is 0. The third-order valence-electron chi connectivity index (χ3n) is 6.36. The van der Waals surface area contributed by atoms with E-state index in [1.54, 1.807) is 18.9 Å². The van der Waals surface area contributed by atoms with Crippen LogP contribution in [-0.2, 0) is 4.79 Å². The molecule has 0 spiro atoms. The van der Waals surface area contributed by atoms with Crippen LogP contribution < -0.4 is 9.47 Å². The van der Waals surface area contributed by atoms with Crippen molar-refractivity contribution < 1.29 is 24.5 Å². The minimum absolute atomic E-state index is 0.0511. The number of aliphatic hydroxyl groups is 2. The van der Waals surface area contributed by atoms with E-state index in [2.05, 4.69) is 0 Å². The third kappa shape index (κ3) is 3.92. The zero-order valence-electron chi connectivity index (χ0n) is 16.5. The summed E-state index contributed by atoms with van der Waals surface area (Å²) in [6.45, 7) is 4.13. The van der Waals surface area contributed by atoms with Gasteiger partial charge in [0.05, 0.1) is 19.3 Å². The largest absolute Gasteiger partial charge is 0.493 e. The summed E-state index contributed by atoms with van der Waals surface area (Å²) in [6, 6.07) is 5.88. The molecule has 1 aromatic rings. The smallest absolute Gasteiger partial charge is 0.248 e. The topological polar surface area (TPSA) is 79.2 Å². The van der Waals surface area contributed by atoms with Gasteiger partial charge in [0.15, 0.2) is 11.5 Å². The summed E-state index contributed by atoms with van der Waals surface area (Å²) < 4.78 is 11.7. The summed E-state index contributed by atoms with van der Waals surface area (Å²) in [5.74, 6) is 1.07. The first-order chi connectivity index (χ1) is 12.9. The molecule has 0 aromatic heterocycles. The Balaban J connectivity index is 1.91. The second kappa shape index (κ2) is 8.07. The van der Waals surface area contributed by atoms with Crippen molar-refractivity contribution in [2.24, 2.45) is 5.41 Å². The lowest BCUT2D eigenvalue weighted by Gasteiger charge is -2.34. The van der Waals surface area contributed by atoms with E-state index in [9.17, 15) is 15.0 Å². The number of benzene rings is 1. The normalized spacial score (nSPS) is 27.0. The number of hydrogen-bond acceptors (Lipinski definition) is 5. The van der Waals surface area contributed by atoms with Crippen LogP contribution in [0.3, 0.4) is 0 Å². The number of rotatable bonds is 6. The van der Waals surface area contributed by atoms with Crippen molar-refractivity contribution in [2.75, 3.05) is 26.8 Å². The van der Waals surface area contributed by atoms with Crippen LogP contribution in [0.5, 0.6) is 11.5 Å². The van der Waals surface area contributed by atoms with Crippen molar-refractivity contribution in [2.45, 2.75) is 57.7 Å². The molecule has 6 heteroatoms. The third-order valence-corrected chi connectivity index (χ3v) is 6.36. The second-order valence-electron chi connectivity index (χ2n) is 8.10. The number of hydrogen-bond donors (Lipinski definition) is 2. The van der Waals surface area contributed by atoms with Crippen LogP contribution in [0.25, 0.3) is 0 Å². The SMILES string of the molecule is COc1ccc([C@@H]2CN(C(=O)CO)C[C@@]2(C)[C@@H](C)O)cc1OC1CCCC1. The molecular weight excluding hydrogens is 346 g/mol. The van der Waals surface area contributed by atoms with Crippen molar-refractivity contribution in [3.8, 4) is 11.5 Å². The Morgan fingerprint density at radius 1 is 1.33 bits per heavy atom. The fraction of sp³-hybridized carbons (Fsp3) is 0.667. The Bertz CT molecular complexity index is 671. The number of likely N-dealkylation sites (tertiary alicyclic amines) is 1. The van der Waals surface area contributed by atoms with Gasteiger partial charge in [-0.2, -0.15) is 0 Å². The van der Waals surface area contributed by atoms with Gasteiger partial charge in [-0.1, -0.05) is 13.0 Å². The van der Waals surface area contributed by atoms with Crippen molar-refractivity contribution in [1.29, 1.82) is 0 Å². The molecule has 150 valence electrons. The Labute approximate surface area is 161 Å². The van der Waals surface area contributed by atoms with E-state index in [4.69, 9.17) is 9.47 Å². The van der Waals surface area contributed by atoms with Gasteiger partial charge in [-0.25, -0.2) is 0 Å². The van der Waals surface area contributed by atoms with E-state index in [-0.39, 0.29) is 17.9 Å². The Kier molecular flexibility index (Phi) is 5.96. The van der Waals surface area contributed by atoms with Crippen LogP contribution in [0.1, 0.15) is 51.0 Å². The molecular formula is C21H31NO5. The molecule has 0 bridgehead atoms. The average molecular weight is 377 g/mol. The van der Waals surface area contributed by atoms with Crippen LogP contribution in [0.15, 0.2) is 18.2 Å². The van der Waals surface area contributed by atoms with Gasteiger partial charge >= 0.3 is 0 Å². The predicted molar refractivity (Wildman–Crippen MR) is 102 cm³/mol. The number of carbonyl (C=O) groups is 1. The molecule has 2 fully saturated rings. The highest BCUT2D eigenvalue weighted by molar-refractivity contribution is 5.77. The average Bonchev–Trinajstić information content (AvgIpc) is 3.29. The Morgan fingerprint density at radius 2 is 2.04 bits per heavy atom. The van der Waals surface area contributed by atoms with Gasteiger partial charge < -0.3 is 24.6 Å². The van der Waals surface area contributed by atoms with E-state index in [1.165, 1.54) is 12.8 Å². The fourth-order valence-corrected chi connectivity index (χ4v) is 4.40. The molecule has 1 saturated carbocycles. The van der Waals surface area contributed by atoms with Crippen LogP contribution >= 0.6 is 0 Å². The molecule has 6 nitrogen and oxygen atoms in total. The monoisotopic (exact) mass is 377 g/mol. The lowest BCUT2D eigenvalue weighted by atomic mass is 9.72. The first-order valence-electron chi connectivity index (χ1n) is 9.80. The van der Waals surface area contributed by atoms with Crippen LogP contribution in [0, 0.1) is 5.41 Å². The summed E-state index contributed by atoms with van der Waals surface area (Å²) in [5.41, 5.74) is 0.518. The van der Waals surface area contributed by atoms with Crippen molar-refractivity contribution >= 4 is 5.91 Å². The molecule has 27 heavy (non-hydrogen) atoms. The number of carbonyl (C=O) groups excluding carboxylic acids is 1. The van der Waals surface area contributed by atoms with E-state index in [1.807, 2.05) is 25.1 Å². The first kappa shape index (κ1) is 20.0. The number of nitrogens with zero attached hydrogens (tertiary/aromatic N) is 1. The maximum Gasteiger partial charge on any atom is 0.248 e.